The number of para-hydroxylation sites is 2. The number of hydrogen-bond acceptors (Lipinski definition) is 3. The Hall–Kier alpha value is -2.15. The largest absolute Gasteiger partial charge is 0.433 e. The predicted molar refractivity (Wildman–Crippen MR) is 83.4 cm³/mol. The predicted octanol–water partition coefficient (Wildman–Crippen LogP) is 4.55. The fourth-order valence-corrected chi connectivity index (χ4v) is 2.64. The van der Waals surface area contributed by atoms with Gasteiger partial charge < -0.3 is 10.1 Å². The average molecular weight is 341 g/mol. The van der Waals surface area contributed by atoms with Gasteiger partial charge in [0.2, 0.25) is 5.91 Å². The SMILES string of the molecule is C[C@H](Sc1ccc(F)cc1)C(=O)Nc1ccccc1OC(F)F. The second-order valence-electron chi connectivity index (χ2n) is 4.58. The summed E-state index contributed by atoms with van der Waals surface area (Å²) >= 11 is 1.23. The third kappa shape index (κ3) is 5.21. The molecular formula is C16H14F3NO2S. The second kappa shape index (κ2) is 7.92. The fraction of sp³-hybridized carbons (Fsp3) is 0.188. The van der Waals surface area contributed by atoms with Crippen molar-refractivity contribution in [1.29, 1.82) is 0 Å². The van der Waals surface area contributed by atoms with Gasteiger partial charge in [0.1, 0.15) is 11.6 Å². The molecule has 0 aromatic heterocycles. The molecule has 0 aliphatic carbocycles. The third-order valence-corrected chi connectivity index (χ3v) is 3.97. The summed E-state index contributed by atoms with van der Waals surface area (Å²) < 4.78 is 41.9. The molecule has 7 heteroatoms. The highest BCUT2D eigenvalue weighted by atomic mass is 32.2. The zero-order valence-corrected chi connectivity index (χ0v) is 12.9. The summed E-state index contributed by atoms with van der Waals surface area (Å²) in [5, 5.41) is 2.06. The van der Waals surface area contributed by atoms with Crippen LogP contribution in [-0.2, 0) is 4.79 Å². The van der Waals surface area contributed by atoms with Gasteiger partial charge in [0.05, 0.1) is 10.9 Å². The lowest BCUT2D eigenvalue weighted by atomic mass is 10.3. The molecule has 23 heavy (non-hydrogen) atoms. The van der Waals surface area contributed by atoms with Crippen molar-refractivity contribution in [2.24, 2.45) is 0 Å². The van der Waals surface area contributed by atoms with Gasteiger partial charge in [-0.1, -0.05) is 12.1 Å². The highest BCUT2D eigenvalue weighted by Gasteiger charge is 2.17. The van der Waals surface area contributed by atoms with Crippen molar-refractivity contribution in [3.8, 4) is 5.75 Å². The number of halogens is 3. The molecule has 0 saturated carbocycles. The van der Waals surface area contributed by atoms with E-state index in [1.807, 2.05) is 0 Å². The zero-order chi connectivity index (χ0) is 16.8. The number of hydrogen-bond donors (Lipinski definition) is 1. The maximum absolute atomic E-state index is 12.9. The summed E-state index contributed by atoms with van der Waals surface area (Å²) in [5.74, 6) is -0.830. The number of carbonyl (C=O) groups excluding carboxylic acids is 1. The molecule has 0 radical (unpaired) electrons. The van der Waals surface area contributed by atoms with E-state index < -0.39 is 11.9 Å². The smallest absolute Gasteiger partial charge is 0.387 e. The topological polar surface area (TPSA) is 38.3 Å². The molecular weight excluding hydrogens is 327 g/mol. The van der Waals surface area contributed by atoms with Gasteiger partial charge in [-0.2, -0.15) is 8.78 Å². The Morgan fingerprint density at radius 1 is 1.13 bits per heavy atom. The van der Waals surface area contributed by atoms with Crippen LogP contribution in [0.5, 0.6) is 5.75 Å². The van der Waals surface area contributed by atoms with Crippen LogP contribution in [0.1, 0.15) is 6.92 Å². The van der Waals surface area contributed by atoms with Crippen molar-refractivity contribution < 1.29 is 22.7 Å². The molecule has 0 heterocycles. The molecule has 2 aromatic carbocycles. The molecule has 0 spiro atoms. The molecule has 2 rings (SSSR count). The van der Waals surface area contributed by atoms with Crippen LogP contribution >= 0.6 is 11.8 Å². The number of benzene rings is 2. The van der Waals surface area contributed by atoms with E-state index >= 15 is 0 Å². The normalized spacial score (nSPS) is 12.0. The van der Waals surface area contributed by atoms with E-state index in [4.69, 9.17) is 0 Å². The van der Waals surface area contributed by atoms with Crippen LogP contribution in [-0.4, -0.2) is 17.8 Å². The van der Waals surface area contributed by atoms with Crippen LogP contribution in [0.3, 0.4) is 0 Å². The summed E-state index contributed by atoms with van der Waals surface area (Å²) in [4.78, 5) is 12.9. The molecule has 122 valence electrons. The molecule has 3 nitrogen and oxygen atoms in total. The van der Waals surface area contributed by atoms with E-state index in [1.54, 1.807) is 25.1 Å². The minimum absolute atomic E-state index is 0.102. The van der Waals surface area contributed by atoms with Gasteiger partial charge in [-0.15, -0.1) is 11.8 Å². The monoisotopic (exact) mass is 341 g/mol. The van der Waals surface area contributed by atoms with Gasteiger partial charge in [0, 0.05) is 4.90 Å². The Kier molecular flexibility index (Phi) is 5.92. The first kappa shape index (κ1) is 17.2. The van der Waals surface area contributed by atoms with E-state index in [0.717, 1.165) is 4.90 Å². The van der Waals surface area contributed by atoms with Gasteiger partial charge in [-0.3, -0.25) is 4.79 Å². The lowest BCUT2D eigenvalue weighted by Crippen LogP contribution is -2.23. The summed E-state index contributed by atoms with van der Waals surface area (Å²) in [5.41, 5.74) is 0.171. The van der Waals surface area contributed by atoms with Gasteiger partial charge >= 0.3 is 6.61 Å². The highest BCUT2D eigenvalue weighted by molar-refractivity contribution is 8.00. The number of thioether (sulfide) groups is 1. The number of nitrogens with one attached hydrogen (secondary N) is 1. The van der Waals surface area contributed by atoms with Crippen LogP contribution in [0.4, 0.5) is 18.9 Å². The molecule has 0 saturated heterocycles. The first-order valence-corrected chi connectivity index (χ1v) is 7.60. The Labute approximate surface area is 135 Å². The first-order valence-electron chi connectivity index (χ1n) is 6.72. The van der Waals surface area contributed by atoms with Gasteiger partial charge in [-0.05, 0) is 43.3 Å². The van der Waals surface area contributed by atoms with Crippen molar-refractivity contribution >= 4 is 23.4 Å². The Bertz CT molecular complexity index is 665. The van der Waals surface area contributed by atoms with Crippen LogP contribution < -0.4 is 10.1 Å². The average Bonchev–Trinajstić information content (AvgIpc) is 2.51. The van der Waals surface area contributed by atoms with Crippen LogP contribution in [0, 0.1) is 5.82 Å². The van der Waals surface area contributed by atoms with Gasteiger partial charge in [0.15, 0.2) is 0 Å². The summed E-state index contributed by atoms with van der Waals surface area (Å²) in [7, 11) is 0. The molecule has 1 N–H and O–H groups in total. The lowest BCUT2D eigenvalue weighted by Gasteiger charge is -2.15. The molecule has 0 fully saturated rings. The van der Waals surface area contributed by atoms with E-state index in [0.29, 0.717) is 0 Å². The van der Waals surface area contributed by atoms with Crippen molar-refractivity contribution in [3.05, 3.63) is 54.3 Å². The number of rotatable bonds is 6. The number of carbonyl (C=O) groups is 1. The molecule has 2 aromatic rings. The number of amides is 1. The zero-order valence-electron chi connectivity index (χ0n) is 12.1. The number of anilines is 1. The minimum atomic E-state index is -2.97. The van der Waals surface area contributed by atoms with Crippen molar-refractivity contribution in [2.75, 3.05) is 5.32 Å². The summed E-state index contributed by atoms with van der Waals surface area (Å²) in [6, 6.07) is 11.7. The fourth-order valence-electron chi connectivity index (χ4n) is 1.77. The molecule has 1 atom stereocenters. The maximum atomic E-state index is 12.9. The molecule has 0 aliphatic rings. The molecule has 0 aliphatic heterocycles. The Morgan fingerprint density at radius 2 is 1.78 bits per heavy atom. The maximum Gasteiger partial charge on any atom is 0.387 e. The van der Waals surface area contributed by atoms with Crippen molar-refractivity contribution in [3.63, 3.8) is 0 Å². The van der Waals surface area contributed by atoms with Gasteiger partial charge in [0.25, 0.3) is 0 Å². The third-order valence-electron chi connectivity index (χ3n) is 2.86. The van der Waals surface area contributed by atoms with Crippen molar-refractivity contribution in [2.45, 2.75) is 23.7 Å². The summed E-state index contributed by atoms with van der Waals surface area (Å²) in [6.07, 6.45) is 0. The lowest BCUT2D eigenvalue weighted by molar-refractivity contribution is -0.115. The minimum Gasteiger partial charge on any atom is -0.433 e. The van der Waals surface area contributed by atoms with Crippen LogP contribution in [0.15, 0.2) is 53.4 Å². The van der Waals surface area contributed by atoms with E-state index in [2.05, 4.69) is 10.1 Å². The standard InChI is InChI=1S/C16H14F3NO2S/c1-10(23-12-8-6-11(17)7-9-12)15(21)20-13-4-2-3-5-14(13)22-16(18)19/h2-10,16H,1H3,(H,20,21)/t10-/m0/s1. The van der Waals surface area contributed by atoms with E-state index in [-0.39, 0.29) is 23.2 Å². The van der Waals surface area contributed by atoms with Gasteiger partial charge in [-0.25, -0.2) is 4.39 Å². The molecule has 0 bridgehead atoms. The Morgan fingerprint density at radius 3 is 2.43 bits per heavy atom. The summed E-state index contributed by atoms with van der Waals surface area (Å²) in [6.45, 7) is -1.31. The van der Waals surface area contributed by atoms with E-state index in [9.17, 15) is 18.0 Å². The number of alkyl halides is 2. The molecule has 0 unspecified atom stereocenters. The quantitative estimate of drug-likeness (QED) is 0.784. The van der Waals surface area contributed by atoms with E-state index in [1.165, 1.54) is 42.1 Å². The highest BCUT2D eigenvalue weighted by Crippen LogP contribution is 2.28. The number of ether oxygens (including phenoxy) is 1. The Balaban J connectivity index is 2.02. The van der Waals surface area contributed by atoms with Crippen LogP contribution in [0.25, 0.3) is 0 Å². The first-order chi connectivity index (χ1) is 11.0. The molecule has 1 amide bonds. The van der Waals surface area contributed by atoms with Crippen LogP contribution in [0.2, 0.25) is 0 Å². The second-order valence-corrected chi connectivity index (χ2v) is 5.99. The van der Waals surface area contributed by atoms with Crippen molar-refractivity contribution in [1.82, 2.24) is 0 Å².